The minimum atomic E-state index is -0.633. The van der Waals surface area contributed by atoms with Crippen molar-refractivity contribution < 1.29 is 14.0 Å². The fourth-order valence-electron chi connectivity index (χ4n) is 2.50. The second kappa shape index (κ2) is 8.65. The summed E-state index contributed by atoms with van der Waals surface area (Å²) in [5, 5.41) is 0.0964. The monoisotopic (exact) mass is 377 g/mol. The predicted molar refractivity (Wildman–Crippen MR) is 94.0 cm³/mol. The van der Waals surface area contributed by atoms with Gasteiger partial charge in [-0.05, 0) is 19.1 Å². The van der Waals surface area contributed by atoms with Crippen LogP contribution in [0.4, 0.5) is 4.39 Å². The number of rotatable bonds is 3. The standard InChI is InChI=1S/C16H21ClFN3O2.ClH/c1-10(11(2)19)15(22)20-6-8-21(9-7-20)16(23)14-12(17)4-3-5-13(14)18;/h3-5,10-11H,6-9,19H2,1-2H3;1H. The van der Waals surface area contributed by atoms with Crippen molar-refractivity contribution in [2.75, 3.05) is 26.2 Å². The van der Waals surface area contributed by atoms with E-state index in [0.717, 1.165) is 0 Å². The van der Waals surface area contributed by atoms with Gasteiger partial charge in [0.05, 0.1) is 16.5 Å². The van der Waals surface area contributed by atoms with Gasteiger partial charge in [-0.15, -0.1) is 12.4 Å². The zero-order valence-corrected chi connectivity index (χ0v) is 15.2. The molecule has 1 heterocycles. The summed E-state index contributed by atoms with van der Waals surface area (Å²) in [6, 6.07) is 3.94. The normalized spacial score (nSPS) is 17.0. The largest absolute Gasteiger partial charge is 0.339 e. The van der Waals surface area contributed by atoms with Crippen LogP contribution in [-0.2, 0) is 4.79 Å². The van der Waals surface area contributed by atoms with Crippen molar-refractivity contribution in [1.29, 1.82) is 0 Å². The summed E-state index contributed by atoms with van der Waals surface area (Å²) in [7, 11) is 0. The SMILES string of the molecule is CC(N)C(C)C(=O)N1CCN(C(=O)c2c(F)cccc2Cl)CC1.Cl. The number of hydrogen-bond acceptors (Lipinski definition) is 3. The van der Waals surface area contributed by atoms with Gasteiger partial charge in [0.1, 0.15) is 5.82 Å². The lowest BCUT2D eigenvalue weighted by Gasteiger charge is -2.36. The van der Waals surface area contributed by atoms with Gasteiger partial charge in [-0.1, -0.05) is 24.6 Å². The molecular weight excluding hydrogens is 356 g/mol. The number of benzene rings is 1. The van der Waals surface area contributed by atoms with E-state index in [0.29, 0.717) is 26.2 Å². The molecule has 1 aliphatic rings. The van der Waals surface area contributed by atoms with E-state index in [1.165, 1.54) is 23.1 Å². The van der Waals surface area contributed by atoms with Crippen LogP contribution in [0.15, 0.2) is 18.2 Å². The highest BCUT2D eigenvalue weighted by molar-refractivity contribution is 6.33. The molecular formula is C16H22Cl2FN3O2. The Labute approximate surface area is 152 Å². The van der Waals surface area contributed by atoms with Crippen LogP contribution in [0.2, 0.25) is 5.02 Å². The van der Waals surface area contributed by atoms with E-state index >= 15 is 0 Å². The molecule has 1 aliphatic heterocycles. The Balaban J connectivity index is 0.00000288. The number of amides is 2. The van der Waals surface area contributed by atoms with Gasteiger partial charge in [0, 0.05) is 32.2 Å². The average Bonchev–Trinajstić information content (AvgIpc) is 2.53. The lowest BCUT2D eigenvalue weighted by atomic mass is 10.0. The molecule has 0 radical (unpaired) electrons. The lowest BCUT2D eigenvalue weighted by molar-refractivity contribution is -0.137. The molecule has 5 nitrogen and oxygen atoms in total. The summed E-state index contributed by atoms with van der Waals surface area (Å²) in [5.74, 6) is -1.36. The average molecular weight is 378 g/mol. The highest BCUT2D eigenvalue weighted by atomic mass is 35.5. The van der Waals surface area contributed by atoms with E-state index in [-0.39, 0.29) is 40.9 Å². The van der Waals surface area contributed by atoms with Gasteiger partial charge in [0.25, 0.3) is 5.91 Å². The van der Waals surface area contributed by atoms with E-state index in [2.05, 4.69) is 0 Å². The van der Waals surface area contributed by atoms with Crippen molar-refractivity contribution >= 4 is 35.8 Å². The van der Waals surface area contributed by atoms with Gasteiger partial charge in [0.2, 0.25) is 5.91 Å². The molecule has 0 saturated carbocycles. The maximum atomic E-state index is 13.8. The zero-order valence-electron chi connectivity index (χ0n) is 13.7. The van der Waals surface area contributed by atoms with Crippen LogP contribution < -0.4 is 5.73 Å². The first-order valence-corrected chi connectivity index (χ1v) is 7.98. The van der Waals surface area contributed by atoms with E-state index < -0.39 is 11.7 Å². The molecule has 8 heteroatoms. The van der Waals surface area contributed by atoms with Crippen molar-refractivity contribution in [3.05, 3.63) is 34.6 Å². The molecule has 0 spiro atoms. The Bertz CT molecular complexity index is 585. The van der Waals surface area contributed by atoms with Gasteiger partial charge >= 0.3 is 0 Å². The molecule has 2 amide bonds. The summed E-state index contributed by atoms with van der Waals surface area (Å²) < 4.78 is 13.8. The first-order valence-electron chi connectivity index (χ1n) is 7.60. The third-order valence-electron chi connectivity index (χ3n) is 4.23. The molecule has 24 heavy (non-hydrogen) atoms. The van der Waals surface area contributed by atoms with Gasteiger partial charge in [0.15, 0.2) is 0 Å². The fourth-order valence-corrected chi connectivity index (χ4v) is 2.75. The topological polar surface area (TPSA) is 66.6 Å². The summed E-state index contributed by atoms with van der Waals surface area (Å²) in [6.45, 7) is 5.11. The number of carbonyl (C=O) groups excluding carboxylic acids is 2. The van der Waals surface area contributed by atoms with Crippen molar-refractivity contribution in [1.82, 2.24) is 9.80 Å². The minimum absolute atomic E-state index is 0. The smallest absolute Gasteiger partial charge is 0.258 e. The number of nitrogens with zero attached hydrogens (tertiary/aromatic N) is 2. The molecule has 0 aliphatic carbocycles. The van der Waals surface area contributed by atoms with Crippen LogP contribution in [0.5, 0.6) is 0 Å². The van der Waals surface area contributed by atoms with E-state index in [1.807, 2.05) is 0 Å². The number of carbonyl (C=O) groups is 2. The molecule has 1 aromatic carbocycles. The molecule has 134 valence electrons. The van der Waals surface area contributed by atoms with Gasteiger partial charge < -0.3 is 15.5 Å². The Morgan fingerprint density at radius 3 is 2.21 bits per heavy atom. The van der Waals surface area contributed by atoms with Crippen LogP contribution in [0.3, 0.4) is 0 Å². The van der Waals surface area contributed by atoms with Crippen molar-refractivity contribution in [3.8, 4) is 0 Å². The molecule has 0 aromatic heterocycles. The van der Waals surface area contributed by atoms with Crippen LogP contribution >= 0.6 is 24.0 Å². The molecule has 2 rings (SSSR count). The van der Waals surface area contributed by atoms with Crippen LogP contribution in [-0.4, -0.2) is 53.8 Å². The lowest BCUT2D eigenvalue weighted by Crippen LogP contribution is -2.53. The van der Waals surface area contributed by atoms with Crippen LogP contribution in [0.25, 0.3) is 0 Å². The molecule has 2 unspecified atom stereocenters. The number of hydrogen-bond donors (Lipinski definition) is 1. The third-order valence-corrected chi connectivity index (χ3v) is 4.55. The predicted octanol–water partition coefficient (Wildman–Crippen LogP) is 2.17. The van der Waals surface area contributed by atoms with E-state index in [4.69, 9.17) is 17.3 Å². The van der Waals surface area contributed by atoms with Gasteiger partial charge in [-0.2, -0.15) is 0 Å². The summed E-state index contributed by atoms with van der Waals surface area (Å²) in [6.07, 6.45) is 0. The molecule has 2 N–H and O–H groups in total. The summed E-state index contributed by atoms with van der Waals surface area (Å²) >= 11 is 5.93. The highest BCUT2D eigenvalue weighted by Crippen LogP contribution is 2.21. The van der Waals surface area contributed by atoms with Gasteiger partial charge in [-0.25, -0.2) is 4.39 Å². The number of piperazine rings is 1. The zero-order chi connectivity index (χ0) is 17.1. The summed E-state index contributed by atoms with van der Waals surface area (Å²) in [5.41, 5.74) is 5.65. The Hall–Kier alpha value is -1.37. The quantitative estimate of drug-likeness (QED) is 0.877. The van der Waals surface area contributed by atoms with E-state index in [9.17, 15) is 14.0 Å². The first-order chi connectivity index (χ1) is 10.8. The van der Waals surface area contributed by atoms with Crippen LogP contribution in [0.1, 0.15) is 24.2 Å². The van der Waals surface area contributed by atoms with Crippen LogP contribution in [0, 0.1) is 11.7 Å². The number of nitrogens with two attached hydrogens (primary N) is 1. The second-order valence-corrected chi connectivity index (χ2v) is 6.27. The molecule has 2 atom stereocenters. The first kappa shape index (κ1) is 20.7. The van der Waals surface area contributed by atoms with Crippen molar-refractivity contribution in [2.24, 2.45) is 11.7 Å². The Morgan fingerprint density at radius 1 is 1.17 bits per heavy atom. The Morgan fingerprint density at radius 2 is 1.71 bits per heavy atom. The van der Waals surface area contributed by atoms with Crippen molar-refractivity contribution in [3.63, 3.8) is 0 Å². The maximum Gasteiger partial charge on any atom is 0.258 e. The van der Waals surface area contributed by atoms with E-state index in [1.54, 1.807) is 18.7 Å². The molecule has 1 saturated heterocycles. The molecule has 1 aromatic rings. The Kier molecular flexibility index (Phi) is 7.45. The van der Waals surface area contributed by atoms with Gasteiger partial charge in [-0.3, -0.25) is 9.59 Å². The fraction of sp³-hybridized carbons (Fsp3) is 0.500. The number of halogens is 3. The summed E-state index contributed by atoms with van der Waals surface area (Å²) in [4.78, 5) is 27.9. The molecule has 0 bridgehead atoms. The second-order valence-electron chi connectivity index (χ2n) is 5.86. The third kappa shape index (κ3) is 4.37. The maximum absolute atomic E-state index is 13.8. The highest BCUT2D eigenvalue weighted by Gasteiger charge is 2.30. The minimum Gasteiger partial charge on any atom is -0.339 e. The van der Waals surface area contributed by atoms with Crippen molar-refractivity contribution in [2.45, 2.75) is 19.9 Å². The molecule has 1 fully saturated rings.